The van der Waals surface area contributed by atoms with Gasteiger partial charge in [0.2, 0.25) is 5.91 Å². The molecular weight excluding hydrogens is 280 g/mol. The lowest BCUT2D eigenvalue weighted by molar-refractivity contribution is -0.141. The summed E-state index contributed by atoms with van der Waals surface area (Å²) in [6.45, 7) is 0.385. The van der Waals surface area contributed by atoms with Crippen molar-refractivity contribution < 1.29 is 14.3 Å². The SMILES string of the molecule is O=C(Cn1cc(-c2ccsc2)nn1)N[C@H]1CCOC1=O. The summed E-state index contributed by atoms with van der Waals surface area (Å²) >= 11 is 1.57. The molecule has 104 valence electrons. The summed E-state index contributed by atoms with van der Waals surface area (Å²) in [7, 11) is 0. The first-order valence-electron chi connectivity index (χ1n) is 6.11. The first-order valence-corrected chi connectivity index (χ1v) is 7.05. The Kier molecular flexibility index (Phi) is 3.46. The van der Waals surface area contributed by atoms with Crippen molar-refractivity contribution in [1.29, 1.82) is 0 Å². The van der Waals surface area contributed by atoms with Crippen LogP contribution in [0, 0.1) is 0 Å². The average Bonchev–Trinajstić information content (AvgIpc) is 3.12. The number of hydrogen-bond donors (Lipinski definition) is 1. The van der Waals surface area contributed by atoms with E-state index in [1.54, 1.807) is 17.5 Å². The molecule has 0 spiro atoms. The van der Waals surface area contributed by atoms with Crippen LogP contribution in [0.2, 0.25) is 0 Å². The van der Waals surface area contributed by atoms with Crippen molar-refractivity contribution in [3.8, 4) is 11.3 Å². The topological polar surface area (TPSA) is 86.1 Å². The lowest BCUT2D eigenvalue weighted by Crippen LogP contribution is -2.39. The number of nitrogens with zero attached hydrogens (tertiary/aromatic N) is 3. The summed E-state index contributed by atoms with van der Waals surface area (Å²) in [6.07, 6.45) is 2.22. The molecule has 7 nitrogen and oxygen atoms in total. The Balaban J connectivity index is 1.60. The largest absolute Gasteiger partial charge is 0.464 e. The van der Waals surface area contributed by atoms with Gasteiger partial charge in [-0.2, -0.15) is 11.3 Å². The molecule has 20 heavy (non-hydrogen) atoms. The lowest BCUT2D eigenvalue weighted by Gasteiger charge is -2.08. The zero-order chi connectivity index (χ0) is 13.9. The van der Waals surface area contributed by atoms with Gasteiger partial charge in [-0.15, -0.1) is 5.10 Å². The molecule has 1 fully saturated rings. The van der Waals surface area contributed by atoms with E-state index >= 15 is 0 Å². The van der Waals surface area contributed by atoms with Gasteiger partial charge in [0.1, 0.15) is 18.3 Å². The van der Waals surface area contributed by atoms with Crippen molar-refractivity contribution in [3.05, 3.63) is 23.0 Å². The molecule has 2 aromatic heterocycles. The van der Waals surface area contributed by atoms with E-state index in [0.29, 0.717) is 13.0 Å². The Labute approximate surface area is 118 Å². The second-order valence-corrected chi connectivity index (χ2v) is 5.17. The van der Waals surface area contributed by atoms with Crippen LogP contribution >= 0.6 is 11.3 Å². The molecule has 1 amide bonds. The van der Waals surface area contributed by atoms with Crippen LogP contribution in [0.4, 0.5) is 0 Å². The number of ether oxygens (including phenoxy) is 1. The number of amides is 1. The highest BCUT2D eigenvalue weighted by atomic mass is 32.1. The molecule has 0 aromatic carbocycles. The quantitative estimate of drug-likeness (QED) is 0.826. The Morgan fingerprint density at radius 1 is 1.60 bits per heavy atom. The number of rotatable bonds is 4. The number of aromatic nitrogens is 3. The number of esters is 1. The first-order chi connectivity index (χ1) is 9.72. The van der Waals surface area contributed by atoms with E-state index in [1.807, 2.05) is 16.8 Å². The summed E-state index contributed by atoms with van der Waals surface area (Å²) in [5.74, 6) is -0.661. The number of carbonyl (C=O) groups excluding carboxylic acids is 2. The fourth-order valence-corrected chi connectivity index (χ4v) is 2.58. The van der Waals surface area contributed by atoms with Crippen LogP contribution in [-0.2, 0) is 20.9 Å². The van der Waals surface area contributed by atoms with Crippen LogP contribution in [0.25, 0.3) is 11.3 Å². The van der Waals surface area contributed by atoms with Crippen LogP contribution in [0.5, 0.6) is 0 Å². The summed E-state index contributed by atoms with van der Waals surface area (Å²) in [4.78, 5) is 23.1. The van der Waals surface area contributed by atoms with Gasteiger partial charge in [0.05, 0.1) is 12.8 Å². The van der Waals surface area contributed by atoms with E-state index in [2.05, 4.69) is 15.6 Å². The molecule has 1 saturated heterocycles. The second-order valence-electron chi connectivity index (χ2n) is 4.39. The summed E-state index contributed by atoms with van der Waals surface area (Å²) in [6, 6.07) is 1.40. The lowest BCUT2D eigenvalue weighted by atomic mass is 10.2. The van der Waals surface area contributed by atoms with E-state index in [1.165, 1.54) is 4.68 Å². The van der Waals surface area contributed by atoms with E-state index < -0.39 is 6.04 Å². The first kappa shape index (κ1) is 12.8. The highest BCUT2D eigenvalue weighted by molar-refractivity contribution is 7.08. The third-order valence-corrected chi connectivity index (χ3v) is 3.62. The molecule has 0 radical (unpaired) electrons. The normalized spacial score (nSPS) is 18.0. The number of hydrogen-bond acceptors (Lipinski definition) is 6. The fraction of sp³-hybridized carbons (Fsp3) is 0.333. The number of carbonyl (C=O) groups is 2. The van der Waals surface area contributed by atoms with Gasteiger partial charge in [0.15, 0.2) is 0 Å². The van der Waals surface area contributed by atoms with Gasteiger partial charge in [-0.1, -0.05) is 5.21 Å². The summed E-state index contributed by atoms with van der Waals surface area (Å²) in [5.41, 5.74) is 1.69. The highest BCUT2D eigenvalue weighted by Crippen LogP contribution is 2.18. The Bertz CT molecular complexity index is 622. The summed E-state index contributed by atoms with van der Waals surface area (Å²) < 4.78 is 6.23. The zero-order valence-corrected chi connectivity index (χ0v) is 11.3. The van der Waals surface area contributed by atoms with Crippen LogP contribution in [-0.4, -0.2) is 39.5 Å². The Hall–Kier alpha value is -2.22. The molecule has 2 aromatic rings. The second kappa shape index (κ2) is 5.41. The molecule has 0 unspecified atom stereocenters. The van der Waals surface area contributed by atoms with Gasteiger partial charge < -0.3 is 10.1 Å². The average molecular weight is 292 g/mol. The number of cyclic esters (lactones) is 1. The van der Waals surface area contributed by atoms with Crippen molar-refractivity contribution >= 4 is 23.2 Å². The maximum absolute atomic E-state index is 11.8. The third-order valence-electron chi connectivity index (χ3n) is 2.93. The van der Waals surface area contributed by atoms with E-state index in [4.69, 9.17) is 4.74 Å². The Morgan fingerprint density at radius 3 is 3.20 bits per heavy atom. The van der Waals surface area contributed by atoms with Crippen LogP contribution < -0.4 is 5.32 Å². The summed E-state index contributed by atoms with van der Waals surface area (Å²) in [5, 5.41) is 14.4. The van der Waals surface area contributed by atoms with Crippen molar-refractivity contribution in [2.24, 2.45) is 0 Å². The molecule has 0 bridgehead atoms. The van der Waals surface area contributed by atoms with E-state index in [9.17, 15) is 9.59 Å². The monoisotopic (exact) mass is 292 g/mol. The predicted molar refractivity (Wildman–Crippen MR) is 70.8 cm³/mol. The molecule has 3 heterocycles. The highest BCUT2D eigenvalue weighted by Gasteiger charge is 2.27. The molecule has 1 atom stereocenters. The zero-order valence-electron chi connectivity index (χ0n) is 10.5. The van der Waals surface area contributed by atoms with Gasteiger partial charge in [-0.25, -0.2) is 9.48 Å². The van der Waals surface area contributed by atoms with Crippen molar-refractivity contribution in [3.63, 3.8) is 0 Å². The molecular formula is C12H12N4O3S. The predicted octanol–water partition coefficient (Wildman–Crippen LogP) is 0.438. The maximum Gasteiger partial charge on any atom is 0.328 e. The van der Waals surface area contributed by atoms with Gasteiger partial charge >= 0.3 is 5.97 Å². The molecule has 1 aliphatic rings. The number of nitrogens with one attached hydrogen (secondary N) is 1. The van der Waals surface area contributed by atoms with Crippen LogP contribution in [0.3, 0.4) is 0 Å². The smallest absolute Gasteiger partial charge is 0.328 e. The van der Waals surface area contributed by atoms with Crippen molar-refractivity contribution in [2.45, 2.75) is 19.0 Å². The van der Waals surface area contributed by atoms with Crippen molar-refractivity contribution in [1.82, 2.24) is 20.3 Å². The van der Waals surface area contributed by atoms with Gasteiger partial charge in [0, 0.05) is 17.4 Å². The Morgan fingerprint density at radius 2 is 2.50 bits per heavy atom. The minimum Gasteiger partial charge on any atom is -0.464 e. The van der Waals surface area contributed by atoms with Crippen molar-refractivity contribution in [2.75, 3.05) is 6.61 Å². The van der Waals surface area contributed by atoms with Gasteiger partial charge in [0.25, 0.3) is 0 Å². The molecule has 8 heteroatoms. The molecule has 0 saturated carbocycles. The van der Waals surface area contributed by atoms with Crippen LogP contribution in [0.1, 0.15) is 6.42 Å². The number of thiophene rings is 1. The molecule has 3 rings (SSSR count). The van der Waals surface area contributed by atoms with E-state index in [0.717, 1.165) is 11.3 Å². The molecule has 0 aliphatic carbocycles. The minimum absolute atomic E-state index is 0.0287. The minimum atomic E-state index is -0.539. The van der Waals surface area contributed by atoms with Gasteiger partial charge in [-0.05, 0) is 11.4 Å². The maximum atomic E-state index is 11.8. The third kappa shape index (κ3) is 2.69. The fourth-order valence-electron chi connectivity index (χ4n) is 1.93. The molecule has 1 N–H and O–H groups in total. The van der Waals surface area contributed by atoms with Gasteiger partial charge in [-0.3, -0.25) is 4.79 Å². The van der Waals surface area contributed by atoms with E-state index in [-0.39, 0.29) is 18.4 Å². The molecule has 1 aliphatic heterocycles. The van der Waals surface area contributed by atoms with Crippen LogP contribution in [0.15, 0.2) is 23.0 Å². The standard InChI is InChI=1S/C12H12N4O3S/c17-11(13-9-1-3-19-12(9)18)6-16-5-10(14-15-16)8-2-4-20-7-8/h2,4-5,7,9H,1,3,6H2,(H,13,17)/t9-/m0/s1.